The standard InChI is InChI=1S/C13H12Cl2N2O2/c1-7-18-13(19-7)12-6-11(16-17(12)2)8-3-4-9(14)10(15)5-8/h3-7,13H,1-2H3. The molecule has 1 saturated heterocycles. The largest absolute Gasteiger partial charge is 0.318 e. The molecule has 1 fully saturated rings. The van der Waals surface area contributed by atoms with E-state index in [0.29, 0.717) is 10.0 Å². The maximum atomic E-state index is 6.01. The first kappa shape index (κ1) is 12.9. The molecule has 0 amide bonds. The maximum absolute atomic E-state index is 6.01. The Morgan fingerprint density at radius 3 is 2.53 bits per heavy atom. The average molecular weight is 299 g/mol. The van der Waals surface area contributed by atoms with Crippen molar-refractivity contribution in [1.29, 1.82) is 0 Å². The summed E-state index contributed by atoms with van der Waals surface area (Å²) in [4.78, 5) is 0. The lowest BCUT2D eigenvalue weighted by Crippen LogP contribution is -2.32. The summed E-state index contributed by atoms with van der Waals surface area (Å²) < 4.78 is 12.7. The lowest BCUT2D eigenvalue weighted by atomic mass is 10.1. The van der Waals surface area contributed by atoms with E-state index in [1.165, 1.54) is 0 Å². The molecule has 1 aromatic carbocycles. The number of halogens is 2. The quantitative estimate of drug-likeness (QED) is 0.846. The van der Waals surface area contributed by atoms with Crippen LogP contribution in [0.2, 0.25) is 10.0 Å². The van der Waals surface area contributed by atoms with Gasteiger partial charge < -0.3 is 9.47 Å². The van der Waals surface area contributed by atoms with Crippen molar-refractivity contribution in [2.75, 3.05) is 0 Å². The zero-order chi connectivity index (χ0) is 13.6. The Morgan fingerprint density at radius 2 is 1.89 bits per heavy atom. The predicted octanol–water partition coefficient (Wildman–Crippen LogP) is 3.79. The molecule has 0 unspecified atom stereocenters. The van der Waals surface area contributed by atoms with Gasteiger partial charge in [-0.3, -0.25) is 4.68 Å². The van der Waals surface area contributed by atoms with E-state index in [2.05, 4.69) is 5.10 Å². The van der Waals surface area contributed by atoms with E-state index in [0.717, 1.165) is 17.0 Å². The van der Waals surface area contributed by atoms with Gasteiger partial charge in [-0.25, -0.2) is 0 Å². The van der Waals surface area contributed by atoms with Crippen LogP contribution in [0, 0.1) is 0 Å². The molecule has 1 aliphatic rings. The number of hydrogen-bond acceptors (Lipinski definition) is 3. The summed E-state index contributed by atoms with van der Waals surface area (Å²) in [6.45, 7) is 1.85. The number of rotatable bonds is 2. The molecule has 0 saturated carbocycles. The molecule has 4 nitrogen and oxygen atoms in total. The second-order valence-electron chi connectivity index (χ2n) is 4.38. The second kappa shape index (κ2) is 4.80. The lowest BCUT2D eigenvalue weighted by molar-refractivity contribution is -0.384. The van der Waals surface area contributed by atoms with Gasteiger partial charge in [0.05, 0.1) is 21.4 Å². The van der Waals surface area contributed by atoms with E-state index < -0.39 is 0 Å². The van der Waals surface area contributed by atoms with Crippen LogP contribution in [0.4, 0.5) is 0 Å². The van der Waals surface area contributed by atoms with Crippen LogP contribution in [0.1, 0.15) is 18.9 Å². The minimum atomic E-state index is -0.343. The molecule has 0 radical (unpaired) electrons. The minimum Gasteiger partial charge on any atom is -0.318 e. The molecule has 0 aliphatic carbocycles. The van der Waals surface area contributed by atoms with E-state index >= 15 is 0 Å². The van der Waals surface area contributed by atoms with E-state index in [9.17, 15) is 0 Å². The van der Waals surface area contributed by atoms with Crippen LogP contribution < -0.4 is 0 Å². The van der Waals surface area contributed by atoms with Crippen molar-refractivity contribution in [3.8, 4) is 11.3 Å². The van der Waals surface area contributed by atoms with Crippen molar-refractivity contribution in [3.63, 3.8) is 0 Å². The van der Waals surface area contributed by atoms with Gasteiger partial charge in [-0.1, -0.05) is 29.3 Å². The lowest BCUT2D eigenvalue weighted by Gasteiger charge is -2.33. The van der Waals surface area contributed by atoms with Crippen molar-refractivity contribution < 1.29 is 9.47 Å². The van der Waals surface area contributed by atoms with Crippen molar-refractivity contribution in [2.24, 2.45) is 7.05 Å². The first-order chi connectivity index (χ1) is 9.04. The van der Waals surface area contributed by atoms with Crippen LogP contribution in [0.3, 0.4) is 0 Å². The van der Waals surface area contributed by atoms with Gasteiger partial charge in [-0.15, -0.1) is 0 Å². The Morgan fingerprint density at radius 1 is 1.16 bits per heavy atom. The summed E-state index contributed by atoms with van der Waals surface area (Å²) in [5.41, 5.74) is 2.59. The summed E-state index contributed by atoms with van der Waals surface area (Å²) in [5.74, 6) is 0. The van der Waals surface area contributed by atoms with Crippen LogP contribution >= 0.6 is 23.2 Å². The van der Waals surface area contributed by atoms with Crippen LogP contribution in [0.25, 0.3) is 11.3 Å². The van der Waals surface area contributed by atoms with Gasteiger partial charge in [0, 0.05) is 12.6 Å². The van der Waals surface area contributed by atoms with E-state index in [1.807, 2.05) is 26.1 Å². The molecule has 2 heterocycles. The van der Waals surface area contributed by atoms with Crippen LogP contribution in [0.5, 0.6) is 0 Å². The van der Waals surface area contributed by atoms with Gasteiger partial charge in [0.25, 0.3) is 0 Å². The smallest absolute Gasteiger partial charge is 0.206 e. The number of hydrogen-bond donors (Lipinski definition) is 0. The number of benzene rings is 1. The fourth-order valence-electron chi connectivity index (χ4n) is 2.00. The predicted molar refractivity (Wildman–Crippen MR) is 73.0 cm³/mol. The molecule has 3 rings (SSSR count). The normalized spacial score (nSPS) is 22.3. The highest BCUT2D eigenvalue weighted by atomic mass is 35.5. The van der Waals surface area contributed by atoms with Crippen molar-refractivity contribution in [1.82, 2.24) is 9.78 Å². The Balaban J connectivity index is 1.93. The molecule has 1 aliphatic heterocycles. The Bertz CT molecular complexity index is 621. The Kier molecular flexibility index (Phi) is 3.27. The molecule has 19 heavy (non-hydrogen) atoms. The number of nitrogens with zero attached hydrogens (tertiary/aromatic N) is 2. The fourth-order valence-corrected chi connectivity index (χ4v) is 2.29. The minimum absolute atomic E-state index is 0.159. The first-order valence-electron chi connectivity index (χ1n) is 5.85. The Labute approximate surface area is 120 Å². The molecular formula is C13H12Cl2N2O2. The van der Waals surface area contributed by atoms with Crippen LogP contribution in [-0.2, 0) is 16.5 Å². The van der Waals surface area contributed by atoms with Crippen LogP contribution in [-0.4, -0.2) is 16.1 Å². The fraction of sp³-hybridized carbons (Fsp3) is 0.308. The topological polar surface area (TPSA) is 36.3 Å². The molecule has 100 valence electrons. The molecule has 0 bridgehead atoms. The third-order valence-corrected chi connectivity index (χ3v) is 3.74. The van der Waals surface area contributed by atoms with E-state index in [4.69, 9.17) is 32.7 Å². The summed E-state index contributed by atoms with van der Waals surface area (Å²) in [7, 11) is 1.85. The van der Waals surface area contributed by atoms with Gasteiger partial charge in [0.15, 0.2) is 6.29 Å². The molecule has 1 aromatic heterocycles. The SMILES string of the molecule is CC1OC(c2cc(-c3ccc(Cl)c(Cl)c3)nn2C)O1. The van der Waals surface area contributed by atoms with Crippen molar-refractivity contribution in [2.45, 2.75) is 19.5 Å². The van der Waals surface area contributed by atoms with Crippen molar-refractivity contribution in [3.05, 3.63) is 40.0 Å². The highest BCUT2D eigenvalue weighted by molar-refractivity contribution is 6.42. The highest BCUT2D eigenvalue weighted by Crippen LogP contribution is 2.34. The number of ether oxygens (including phenoxy) is 2. The zero-order valence-corrected chi connectivity index (χ0v) is 11.9. The van der Waals surface area contributed by atoms with Crippen LogP contribution in [0.15, 0.2) is 24.3 Å². The van der Waals surface area contributed by atoms with E-state index in [1.54, 1.807) is 16.8 Å². The highest BCUT2D eigenvalue weighted by Gasteiger charge is 2.31. The van der Waals surface area contributed by atoms with Gasteiger partial charge in [-0.05, 0) is 25.1 Å². The third-order valence-electron chi connectivity index (χ3n) is 3.00. The Hall–Kier alpha value is -1.07. The average Bonchev–Trinajstić information content (AvgIpc) is 2.71. The molecular weight excluding hydrogens is 287 g/mol. The molecule has 6 heteroatoms. The van der Waals surface area contributed by atoms with Gasteiger partial charge >= 0.3 is 0 Å². The zero-order valence-electron chi connectivity index (χ0n) is 10.4. The first-order valence-corrected chi connectivity index (χ1v) is 6.60. The van der Waals surface area contributed by atoms with E-state index in [-0.39, 0.29) is 12.6 Å². The molecule has 0 atom stereocenters. The van der Waals surface area contributed by atoms with Gasteiger partial charge in [0.2, 0.25) is 6.29 Å². The second-order valence-corrected chi connectivity index (χ2v) is 5.19. The summed E-state index contributed by atoms with van der Waals surface area (Å²) in [6, 6.07) is 7.36. The molecule has 0 spiro atoms. The summed E-state index contributed by atoms with van der Waals surface area (Å²) in [5, 5.41) is 5.47. The number of aryl methyl sites for hydroxylation is 1. The maximum Gasteiger partial charge on any atom is 0.206 e. The summed E-state index contributed by atoms with van der Waals surface area (Å²) in [6.07, 6.45) is -0.502. The third kappa shape index (κ3) is 2.37. The number of aromatic nitrogens is 2. The monoisotopic (exact) mass is 298 g/mol. The molecule has 0 N–H and O–H groups in total. The summed E-state index contributed by atoms with van der Waals surface area (Å²) >= 11 is 11.9. The van der Waals surface area contributed by atoms with Gasteiger partial charge in [-0.2, -0.15) is 5.10 Å². The molecule has 2 aromatic rings. The van der Waals surface area contributed by atoms with Gasteiger partial charge in [0.1, 0.15) is 0 Å². The van der Waals surface area contributed by atoms with Crippen molar-refractivity contribution >= 4 is 23.2 Å².